The van der Waals surface area contributed by atoms with Gasteiger partial charge in [-0.25, -0.2) is 0 Å². The Morgan fingerprint density at radius 3 is 2.60 bits per heavy atom. The summed E-state index contributed by atoms with van der Waals surface area (Å²) in [5.41, 5.74) is 0. The van der Waals surface area contributed by atoms with Crippen LogP contribution in [0.2, 0.25) is 0 Å². The Morgan fingerprint density at radius 1 is 1.35 bits per heavy atom. The van der Waals surface area contributed by atoms with Gasteiger partial charge in [0.05, 0.1) is 18.9 Å². The van der Waals surface area contributed by atoms with Crippen molar-refractivity contribution in [2.75, 3.05) is 27.2 Å². The maximum Gasteiger partial charge on any atom is 0.289 e. The van der Waals surface area contributed by atoms with E-state index >= 15 is 0 Å². The molecule has 1 fully saturated rings. The number of rotatable bonds is 5. The number of likely N-dealkylation sites (N-methyl/N-ethyl adjacent to an activating group) is 2. The van der Waals surface area contributed by atoms with Crippen molar-refractivity contribution >= 4 is 11.8 Å². The number of amides is 2. The SMILES string of the molecule is CN(CC1CC(O)C1)C(=O)CN(C)C(=O)c1ccco1. The lowest BCUT2D eigenvalue weighted by molar-refractivity contribution is -0.132. The molecule has 0 aromatic carbocycles. The van der Waals surface area contributed by atoms with Crippen LogP contribution in [0.4, 0.5) is 0 Å². The second-order valence-electron chi connectivity index (χ2n) is 5.40. The van der Waals surface area contributed by atoms with Crippen LogP contribution in [0, 0.1) is 5.92 Å². The van der Waals surface area contributed by atoms with E-state index in [0.717, 1.165) is 12.8 Å². The quantitative estimate of drug-likeness (QED) is 0.856. The normalized spacial score (nSPS) is 21.1. The van der Waals surface area contributed by atoms with E-state index in [9.17, 15) is 14.7 Å². The molecule has 2 amide bonds. The smallest absolute Gasteiger partial charge is 0.289 e. The molecule has 110 valence electrons. The van der Waals surface area contributed by atoms with Crippen LogP contribution in [0.3, 0.4) is 0 Å². The van der Waals surface area contributed by atoms with E-state index in [-0.39, 0.29) is 30.2 Å². The summed E-state index contributed by atoms with van der Waals surface area (Å²) in [6.07, 6.45) is 2.71. The molecule has 0 saturated heterocycles. The molecule has 1 saturated carbocycles. The molecule has 1 heterocycles. The number of hydrogen-bond donors (Lipinski definition) is 1. The predicted octanol–water partition coefficient (Wildman–Crippen LogP) is 0.581. The van der Waals surface area contributed by atoms with Gasteiger partial charge in [-0.05, 0) is 30.9 Å². The first-order valence-electron chi connectivity index (χ1n) is 6.68. The highest BCUT2D eigenvalue weighted by Crippen LogP contribution is 2.27. The Bertz CT molecular complexity index is 466. The van der Waals surface area contributed by atoms with E-state index in [1.165, 1.54) is 11.2 Å². The molecule has 0 unspecified atom stereocenters. The summed E-state index contributed by atoms with van der Waals surface area (Å²) < 4.78 is 5.02. The summed E-state index contributed by atoms with van der Waals surface area (Å²) in [6, 6.07) is 3.21. The lowest BCUT2D eigenvalue weighted by Gasteiger charge is -2.34. The third-order valence-electron chi connectivity index (χ3n) is 3.62. The van der Waals surface area contributed by atoms with Crippen molar-refractivity contribution in [3.8, 4) is 0 Å². The third kappa shape index (κ3) is 3.39. The van der Waals surface area contributed by atoms with Crippen LogP contribution in [-0.2, 0) is 4.79 Å². The summed E-state index contributed by atoms with van der Waals surface area (Å²) in [5, 5.41) is 9.23. The topological polar surface area (TPSA) is 74.0 Å². The average molecular weight is 280 g/mol. The zero-order valence-corrected chi connectivity index (χ0v) is 11.8. The van der Waals surface area contributed by atoms with Crippen molar-refractivity contribution in [1.29, 1.82) is 0 Å². The van der Waals surface area contributed by atoms with E-state index in [2.05, 4.69) is 0 Å². The number of nitrogens with zero attached hydrogens (tertiary/aromatic N) is 2. The van der Waals surface area contributed by atoms with Gasteiger partial charge >= 0.3 is 0 Å². The molecule has 0 radical (unpaired) electrons. The maximum absolute atomic E-state index is 12.0. The Balaban J connectivity index is 1.79. The summed E-state index contributed by atoms with van der Waals surface area (Å²) in [6.45, 7) is 0.643. The molecule has 2 rings (SSSR count). The van der Waals surface area contributed by atoms with Gasteiger partial charge in [0.25, 0.3) is 5.91 Å². The first-order chi connectivity index (χ1) is 9.47. The molecule has 1 N–H and O–H groups in total. The van der Waals surface area contributed by atoms with Crippen molar-refractivity contribution in [2.24, 2.45) is 5.92 Å². The molecular formula is C14H20N2O4. The molecule has 0 aliphatic heterocycles. The molecule has 6 nitrogen and oxygen atoms in total. The minimum absolute atomic E-state index is 0.0192. The fraction of sp³-hybridized carbons (Fsp3) is 0.571. The van der Waals surface area contributed by atoms with Gasteiger partial charge in [0.2, 0.25) is 5.91 Å². The molecule has 1 aliphatic rings. The number of aliphatic hydroxyl groups excluding tert-OH is 1. The van der Waals surface area contributed by atoms with Crippen LogP contribution in [0.25, 0.3) is 0 Å². The fourth-order valence-corrected chi connectivity index (χ4v) is 2.32. The second kappa shape index (κ2) is 6.09. The van der Waals surface area contributed by atoms with Crippen molar-refractivity contribution in [1.82, 2.24) is 9.80 Å². The second-order valence-corrected chi connectivity index (χ2v) is 5.40. The van der Waals surface area contributed by atoms with Crippen molar-refractivity contribution < 1.29 is 19.1 Å². The van der Waals surface area contributed by atoms with Crippen LogP contribution in [-0.4, -0.2) is 60.0 Å². The van der Waals surface area contributed by atoms with E-state index in [4.69, 9.17) is 4.42 Å². The highest BCUT2D eigenvalue weighted by molar-refractivity contribution is 5.94. The van der Waals surface area contributed by atoms with Gasteiger partial charge in [-0.2, -0.15) is 0 Å². The van der Waals surface area contributed by atoms with E-state index in [0.29, 0.717) is 12.5 Å². The van der Waals surface area contributed by atoms with Crippen LogP contribution >= 0.6 is 0 Å². The zero-order chi connectivity index (χ0) is 14.7. The van der Waals surface area contributed by atoms with Gasteiger partial charge in [-0.15, -0.1) is 0 Å². The van der Waals surface area contributed by atoms with E-state index in [1.807, 2.05) is 0 Å². The molecule has 0 atom stereocenters. The maximum atomic E-state index is 12.0. The molecule has 0 spiro atoms. The highest BCUT2D eigenvalue weighted by atomic mass is 16.3. The monoisotopic (exact) mass is 280 g/mol. The third-order valence-corrected chi connectivity index (χ3v) is 3.62. The molecule has 6 heteroatoms. The zero-order valence-electron chi connectivity index (χ0n) is 11.8. The highest BCUT2D eigenvalue weighted by Gasteiger charge is 2.29. The largest absolute Gasteiger partial charge is 0.459 e. The number of carbonyl (C=O) groups excluding carboxylic acids is 2. The Labute approximate surface area is 118 Å². The Hall–Kier alpha value is -1.82. The Morgan fingerprint density at radius 2 is 2.05 bits per heavy atom. The molecule has 1 aliphatic carbocycles. The molecule has 20 heavy (non-hydrogen) atoms. The first kappa shape index (κ1) is 14.6. The number of carbonyl (C=O) groups is 2. The van der Waals surface area contributed by atoms with Gasteiger partial charge in [-0.3, -0.25) is 9.59 Å². The number of hydrogen-bond acceptors (Lipinski definition) is 4. The van der Waals surface area contributed by atoms with E-state index in [1.54, 1.807) is 31.1 Å². The van der Waals surface area contributed by atoms with Crippen molar-refractivity contribution in [2.45, 2.75) is 18.9 Å². The summed E-state index contributed by atoms with van der Waals surface area (Å²) >= 11 is 0. The lowest BCUT2D eigenvalue weighted by atomic mass is 9.82. The number of furan rings is 1. The van der Waals surface area contributed by atoms with Gasteiger partial charge in [-0.1, -0.05) is 0 Å². The predicted molar refractivity (Wildman–Crippen MR) is 72.0 cm³/mol. The fourth-order valence-electron chi connectivity index (χ4n) is 2.32. The summed E-state index contributed by atoms with van der Waals surface area (Å²) in [4.78, 5) is 26.9. The first-order valence-corrected chi connectivity index (χ1v) is 6.68. The van der Waals surface area contributed by atoms with Gasteiger partial charge in [0.1, 0.15) is 0 Å². The molecule has 1 aromatic rings. The Kier molecular flexibility index (Phi) is 4.44. The van der Waals surface area contributed by atoms with Crippen molar-refractivity contribution in [3.05, 3.63) is 24.2 Å². The van der Waals surface area contributed by atoms with Crippen LogP contribution in [0.15, 0.2) is 22.8 Å². The summed E-state index contributed by atoms with van der Waals surface area (Å²) in [5.74, 6) is 0.166. The molecule has 0 bridgehead atoms. The summed E-state index contributed by atoms with van der Waals surface area (Å²) in [7, 11) is 3.29. The molecule has 1 aromatic heterocycles. The standard InChI is InChI=1S/C14H20N2O4/c1-15(8-10-6-11(17)7-10)13(18)9-16(2)14(19)12-4-3-5-20-12/h3-5,10-11,17H,6-9H2,1-2H3. The lowest BCUT2D eigenvalue weighted by Crippen LogP contribution is -2.44. The minimum atomic E-state index is -0.309. The van der Waals surface area contributed by atoms with Crippen molar-refractivity contribution in [3.63, 3.8) is 0 Å². The van der Waals surface area contributed by atoms with Crippen LogP contribution in [0.5, 0.6) is 0 Å². The number of aliphatic hydroxyl groups is 1. The van der Waals surface area contributed by atoms with Gasteiger partial charge in [0.15, 0.2) is 5.76 Å². The van der Waals surface area contributed by atoms with Gasteiger partial charge in [0, 0.05) is 20.6 Å². The average Bonchev–Trinajstić information content (AvgIpc) is 2.89. The molecular weight excluding hydrogens is 260 g/mol. The van der Waals surface area contributed by atoms with Gasteiger partial charge < -0.3 is 19.3 Å². The van der Waals surface area contributed by atoms with Crippen LogP contribution in [0.1, 0.15) is 23.4 Å². The van der Waals surface area contributed by atoms with E-state index < -0.39 is 0 Å². The van der Waals surface area contributed by atoms with Crippen LogP contribution < -0.4 is 0 Å². The minimum Gasteiger partial charge on any atom is -0.459 e.